The molecule has 27 heavy (non-hydrogen) atoms. The molecule has 6 nitrogen and oxygen atoms in total. The van der Waals surface area contributed by atoms with E-state index in [0.717, 1.165) is 10.6 Å². The van der Waals surface area contributed by atoms with Gasteiger partial charge in [0.25, 0.3) is 5.56 Å². The van der Waals surface area contributed by atoms with E-state index in [-0.39, 0.29) is 22.4 Å². The first-order valence-corrected chi connectivity index (χ1v) is 7.76. The first-order valence-electron chi connectivity index (χ1n) is 7.76. The zero-order valence-electron chi connectivity index (χ0n) is 13.8. The van der Waals surface area contributed by atoms with Gasteiger partial charge in [0.05, 0.1) is 17.3 Å². The zero-order valence-corrected chi connectivity index (χ0v) is 13.8. The topological polar surface area (TPSA) is 76.5 Å². The maximum Gasteiger partial charge on any atom is 0.433 e. The van der Waals surface area contributed by atoms with E-state index in [1.807, 2.05) is 6.07 Å². The van der Waals surface area contributed by atoms with Crippen LogP contribution in [0.2, 0.25) is 0 Å². The van der Waals surface area contributed by atoms with Crippen LogP contribution in [0.5, 0.6) is 0 Å². The van der Waals surface area contributed by atoms with Crippen LogP contribution in [-0.4, -0.2) is 19.3 Å². The number of hydrogen-bond acceptors (Lipinski definition) is 4. The minimum absolute atomic E-state index is 0.105. The second kappa shape index (κ2) is 5.67. The molecule has 0 radical (unpaired) electrons. The lowest BCUT2D eigenvalue weighted by molar-refractivity contribution is -0.141. The molecule has 0 atom stereocenters. The first kappa shape index (κ1) is 16.8. The van der Waals surface area contributed by atoms with Crippen molar-refractivity contribution >= 4 is 21.9 Å². The predicted molar refractivity (Wildman–Crippen MR) is 91.3 cm³/mol. The number of halogens is 3. The van der Waals surface area contributed by atoms with Crippen molar-refractivity contribution in [3.63, 3.8) is 0 Å². The number of benzene rings is 1. The lowest BCUT2D eigenvalue weighted by Gasteiger charge is -2.13. The Labute approximate surface area is 149 Å². The lowest BCUT2D eigenvalue weighted by Crippen LogP contribution is -2.21. The molecule has 0 spiro atoms. The van der Waals surface area contributed by atoms with Crippen molar-refractivity contribution in [3.8, 4) is 11.8 Å². The molecule has 0 aliphatic rings. The van der Waals surface area contributed by atoms with E-state index < -0.39 is 17.4 Å². The highest BCUT2D eigenvalue weighted by atomic mass is 19.4. The minimum Gasteiger partial charge on any atom is -0.274 e. The average molecular weight is 369 g/mol. The largest absolute Gasteiger partial charge is 0.433 e. The average Bonchev–Trinajstić information content (AvgIpc) is 3.03. The lowest BCUT2D eigenvalue weighted by atomic mass is 10.1. The molecule has 3 aromatic heterocycles. The van der Waals surface area contributed by atoms with E-state index in [4.69, 9.17) is 5.26 Å². The normalized spacial score (nSPS) is 11.8. The van der Waals surface area contributed by atoms with Gasteiger partial charge in [0, 0.05) is 24.0 Å². The van der Waals surface area contributed by atoms with Gasteiger partial charge in [0.2, 0.25) is 0 Å². The summed E-state index contributed by atoms with van der Waals surface area (Å²) in [5.74, 6) is 0. The van der Waals surface area contributed by atoms with Gasteiger partial charge in [-0.1, -0.05) is 6.07 Å². The maximum absolute atomic E-state index is 13.2. The monoisotopic (exact) mass is 369 g/mol. The van der Waals surface area contributed by atoms with Crippen molar-refractivity contribution in [3.05, 3.63) is 64.2 Å². The number of hydrogen-bond donors (Lipinski definition) is 0. The predicted octanol–water partition coefficient (Wildman–Crippen LogP) is 3.16. The van der Waals surface area contributed by atoms with Gasteiger partial charge in [0.1, 0.15) is 11.3 Å². The number of aryl methyl sites for hydroxylation is 1. The van der Waals surface area contributed by atoms with Gasteiger partial charge in [-0.25, -0.2) is 4.98 Å². The van der Waals surface area contributed by atoms with Crippen molar-refractivity contribution < 1.29 is 13.2 Å². The van der Waals surface area contributed by atoms with E-state index in [1.54, 1.807) is 19.3 Å². The fourth-order valence-corrected chi connectivity index (χ4v) is 2.99. The standard InChI is InChI=1S/C18H10F3N5O/c1-25-9-13-12-5-6-14(18(19,20)21)23-16(12)26(17(27)15(13)24-25)11-4-2-3-10(7-11)8-22/h2-7,9H,1H3. The Bertz CT molecular complexity index is 1310. The van der Waals surface area contributed by atoms with Gasteiger partial charge >= 0.3 is 6.18 Å². The van der Waals surface area contributed by atoms with Gasteiger partial charge in [-0.05, 0) is 30.3 Å². The highest BCUT2D eigenvalue weighted by Gasteiger charge is 2.33. The summed E-state index contributed by atoms with van der Waals surface area (Å²) < 4.78 is 42.0. The van der Waals surface area contributed by atoms with Crippen LogP contribution in [-0.2, 0) is 13.2 Å². The molecular weight excluding hydrogens is 359 g/mol. The number of nitrogens with zero attached hydrogens (tertiary/aromatic N) is 5. The highest BCUT2D eigenvalue weighted by Crippen LogP contribution is 2.31. The molecule has 0 aliphatic heterocycles. The number of fused-ring (bicyclic) bond motifs is 3. The van der Waals surface area contributed by atoms with Crippen LogP contribution >= 0.6 is 0 Å². The number of nitriles is 1. The molecule has 0 saturated heterocycles. The van der Waals surface area contributed by atoms with Gasteiger partial charge in [-0.3, -0.25) is 14.0 Å². The fraction of sp³-hybridized carbons (Fsp3) is 0.111. The Kier molecular flexibility index (Phi) is 3.52. The molecule has 1 aromatic carbocycles. The SMILES string of the molecule is Cn1cc2c(n1)c(=O)n(-c1cccc(C#N)c1)c1nc(C(F)(F)F)ccc21. The highest BCUT2D eigenvalue weighted by molar-refractivity contribution is 6.03. The fourth-order valence-electron chi connectivity index (χ4n) is 2.99. The third-order valence-electron chi connectivity index (χ3n) is 4.14. The molecule has 0 bridgehead atoms. The summed E-state index contributed by atoms with van der Waals surface area (Å²) in [5, 5.41) is 14.0. The van der Waals surface area contributed by atoms with Crippen LogP contribution in [0, 0.1) is 11.3 Å². The van der Waals surface area contributed by atoms with Crippen LogP contribution in [0.25, 0.3) is 27.6 Å². The molecular formula is C18H10F3N5O. The van der Waals surface area contributed by atoms with Crippen LogP contribution in [0.15, 0.2) is 47.4 Å². The molecule has 0 aliphatic carbocycles. The molecule has 0 N–H and O–H groups in total. The second-order valence-corrected chi connectivity index (χ2v) is 5.93. The third kappa shape index (κ3) is 2.62. The van der Waals surface area contributed by atoms with E-state index >= 15 is 0 Å². The van der Waals surface area contributed by atoms with Crippen molar-refractivity contribution in [1.29, 1.82) is 5.26 Å². The number of aromatic nitrogens is 4. The molecule has 9 heteroatoms. The van der Waals surface area contributed by atoms with Crippen molar-refractivity contribution in [2.24, 2.45) is 7.05 Å². The number of alkyl halides is 3. The molecule has 0 fully saturated rings. The molecule has 0 saturated carbocycles. The Balaban J connectivity index is 2.21. The summed E-state index contributed by atoms with van der Waals surface area (Å²) in [7, 11) is 1.61. The number of pyridine rings is 2. The Morgan fingerprint density at radius 3 is 2.63 bits per heavy atom. The van der Waals surface area contributed by atoms with Crippen LogP contribution < -0.4 is 5.56 Å². The summed E-state index contributed by atoms with van der Waals surface area (Å²) in [6.07, 6.45) is -3.10. The van der Waals surface area contributed by atoms with Gasteiger partial charge in [-0.15, -0.1) is 0 Å². The smallest absolute Gasteiger partial charge is 0.274 e. The second-order valence-electron chi connectivity index (χ2n) is 5.93. The molecule has 3 heterocycles. The molecule has 0 amide bonds. The maximum atomic E-state index is 13.2. The molecule has 0 unspecified atom stereocenters. The Morgan fingerprint density at radius 1 is 1.15 bits per heavy atom. The van der Waals surface area contributed by atoms with Crippen LogP contribution in [0.3, 0.4) is 0 Å². The van der Waals surface area contributed by atoms with E-state index in [9.17, 15) is 18.0 Å². The third-order valence-corrected chi connectivity index (χ3v) is 4.14. The summed E-state index contributed by atoms with van der Waals surface area (Å²) in [5.41, 5.74) is -1.26. The summed E-state index contributed by atoms with van der Waals surface area (Å²) in [6.45, 7) is 0. The summed E-state index contributed by atoms with van der Waals surface area (Å²) in [4.78, 5) is 16.7. The van der Waals surface area contributed by atoms with Crippen molar-refractivity contribution in [1.82, 2.24) is 19.3 Å². The summed E-state index contributed by atoms with van der Waals surface area (Å²) in [6, 6.07) is 10.1. The quantitative estimate of drug-likeness (QED) is 0.516. The van der Waals surface area contributed by atoms with E-state index in [2.05, 4.69) is 10.1 Å². The Hall–Kier alpha value is -3.67. The van der Waals surface area contributed by atoms with Gasteiger partial charge in [-0.2, -0.15) is 23.5 Å². The first-order chi connectivity index (χ1) is 12.8. The van der Waals surface area contributed by atoms with E-state index in [0.29, 0.717) is 10.8 Å². The zero-order chi connectivity index (χ0) is 19.3. The van der Waals surface area contributed by atoms with Gasteiger partial charge in [0.15, 0.2) is 5.52 Å². The minimum atomic E-state index is -4.66. The van der Waals surface area contributed by atoms with Crippen molar-refractivity contribution in [2.45, 2.75) is 6.18 Å². The van der Waals surface area contributed by atoms with Crippen molar-refractivity contribution in [2.75, 3.05) is 0 Å². The van der Waals surface area contributed by atoms with Crippen LogP contribution in [0.4, 0.5) is 13.2 Å². The molecule has 4 aromatic rings. The van der Waals surface area contributed by atoms with E-state index in [1.165, 1.54) is 28.9 Å². The summed E-state index contributed by atoms with van der Waals surface area (Å²) >= 11 is 0. The van der Waals surface area contributed by atoms with Gasteiger partial charge < -0.3 is 0 Å². The number of rotatable bonds is 1. The van der Waals surface area contributed by atoms with Crippen LogP contribution in [0.1, 0.15) is 11.3 Å². The Morgan fingerprint density at radius 2 is 1.93 bits per heavy atom. The molecule has 4 rings (SSSR count). The molecule has 134 valence electrons.